The maximum Gasteiger partial charge on any atom is 0.292 e. The third kappa shape index (κ3) is 2.70. The molecule has 0 saturated carbocycles. The molecule has 0 aliphatic heterocycles. The minimum absolute atomic E-state index is 0.233. The normalized spacial score (nSPS) is 10.1. The van der Waals surface area contributed by atoms with Gasteiger partial charge >= 0.3 is 0 Å². The third-order valence-electron chi connectivity index (χ3n) is 1.77. The average molecular weight is 346 g/mol. The molecule has 0 aromatic carbocycles. The highest BCUT2D eigenvalue weighted by Gasteiger charge is 2.10. The van der Waals surface area contributed by atoms with Gasteiger partial charge in [-0.1, -0.05) is 0 Å². The lowest BCUT2D eigenvalue weighted by atomic mass is 10.4. The van der Waals surface area contributed by atoms with E-state index >= 15 is 0 Å². The second-order valence-electron chi connectivity index (χ2n) is 2.92. The second-order valence-corrected chi connectivity index (χ2v) is 4.62. The molecule has 1 amide bonds. The van der Waals surface area contributed by atoms with Crippen molar-refractivity contribution >= 4 is 43.6 Å². The van der Waals surface area contributed by atoms with Crippen molar-refractivity contribution in [2.45, 2.75) is 0 Å². The Morgan fingerprint density at radius 3 is 2.62 bits per heavy atom. The van der Waals surface area contributed by atoms with Crippen molar-refractivity contribution < 1.29 is 9.21 Å². The van der Waals surface area contributed by atoms with Crippen LogP contribution in [-0.2, 0) is 0 Å². The summed E-state index contributed by atoms with van der Waals surface area (Å²) in [5.74, 6) is 0.373. The molecule has 2 heterocycles. The van der Waals surface area contributed by atoms with Crippen LogP contribution < -0.4 is 5.32 Å². The first-order chi connectivity index (χ1) is 7.65. The molecule has 0 radical (unpaired) electrons. The molecule has 2 aromatic rings. The third-order valence-corrected chi connectivity index (χ3v) is 2.66. The zero-order valence-corrected chi connectivity index (χ0v) is 11.1. The molecule has 1 N–H and O–H groups in total. The predicted molar refractivity (Wildman–Crippen MR) is 66.3 cm³/mol. The van der Waals surface area contributed by atoms with Gasteiger partial charge in [-0.25, -0.2) is 4.98 Å². The Morgan fingerprint density at radius 2 is 2.06 bits per heavy atom. The number of furan rings is 1. The van der Waals surface area contributed by atoms with Gasteiger partial charge in [-0.2, -0.15) is 0 Å². The van der Waals surface area contributed by atoms with Crippen LogP contribution in [0.2, 0.25) is 0 Å². The van der Waals surface area contributed by atoms with E-state index in [1.54, 1.807) is 30.5 Å². The van der Waals surface area contributed by atoms with Crippen LogP contribution in [0, 0.1) is 0 Å². The van der Waals surface area contributed by atoms with E-state index < -0.39 is 0 Å². The highest BCUT2D eigenvalue weighted by molar-refractivity contribution is 9.10. The highest BCUT2D eigenvalue weighted by atomic mass is 79.9. The molecule has 0 aliphatic rings. The van der Waals surface area contributed by atoms with Crippen LogP contribution in [0.1, 0.15) is 10.6 Å². The van der Waals surface area contributed by atoms with Crippen LogP contribution in [0.5, 0.6) is 0 Å². The number of nitrogens with one attached hydrogen (secondary N) is 1. The summed E-state index contributed by atoms with van der Waals surface area (Å²) in [7, 11) is 0. The topological polar surface area (TPSA) is 55.1 Å². The van der Waals surface area contributed by atoms with Gasteiger partial charge in [-0.15, -0.1) is 0 Å². The van der Waals surface area contributed by atoms with Crippen LogP contribution in [0.3, 0.4) is 0 Å². The number of carbonyl (C=O) groups is 1. The van der Waals surface area contributed by atoms with E-state index in [0.717, 1.165) is 4.47 Å². The van der Waals surface area contributed by atoms with Gasteiger partial charge in [0.05, 0.1) is 0 Å². The van der Waals surface area contributed by atoms with E-state index in [2.05, 4.69) is 42.2 Å². The molecule has 0 saturated heterocycles. The summed E-state index contributed by atoms with van der Waals surface area (Å²) < 4.78 is 6.48. The van der Waals surface area contributed by atoms with Crippen molar-refractivity contribution in [2.75, 3.05) is 5.32 Å². The molecule has 0 bridgehead atoms. The van der Waals surface area contributed by atoms with Crippen molar-refractivity contribution in [3.63, 3.8) is 0 Å². The molecule has 4 nitrogen and oxygen atoms in total. The van der Waals surface area contributed by atoms with Gasteiger partial charge < -0.3 is 9.73 Å². The van der Waals surface area contributed by atoms with Gasteiger partial charge in [0, 0.05) is 10.7 Å². The number of pyridine rings is 1. The molecule has 82 valence electrons. The summed E-state index contributed by atoms with van der Waals surface area (Å²) in [6.45, 7) is 0. The number of hydrogen-bond acceptors (Lipinski definition) is 3. The van der Waals surface area contributed by atoms with E-state index in [1.165, 1.54) is 0 Å². The van der Waals surface area contributed by atoms with Gasteiger partial charge in [0.25, 0.3) is 5.91 Å². The number of aromatic nitrogens is 1. The summed E-state index contributed by atoms with van der Waals surface area (Å²) in [5, 5.41) is 2.61. The van der Waals surface area contributed by atoms with Crippen molar-refractivity contribution in [3.8, 4) is 0 Å². The molecule has 0 unspecified atom stereocenters. The predicted octanol–water partition coefficient (Wildman–Crippen LogP) is 3.45. The molecule has 16 heavy (non-hydrogen) atoms. The van der Waals surface area contributed by atoms with Crippen LogP contribution in [-0.4, -0.2) is 10.9 Å². The van der Waals surface area contributed by atoms with Crippen LogP contribution in [0.25, 0.3) is 0 Å². The lowest BCUT2D eigenvalue weighted by Crippen LogP contribution is -2.11. The molecule has 0 spiro atoms. The van der Waals surface area contributed by atoms with E-state index in [1.807, 2.05) is 0 Å². The number of nitrogens with zero attached hydrogens (tertiary/aromatic N) is 1. The summed E-state index contributed by atoms with van der Waals surface area (Å²) in [6.07, 6.45) is 1.60. The highest BCUT2D eigenvalue weighted by Crippen LogP contribution is 2.16. The number of rotatable bonds is 2. The van der Waals surface area contributed by atoms with E-state index in [0.29, 0.717) is 10.5 Å². The maximum atomic E-state index is 11.6. The SMILES string of the molecule is O=C(Nc1ccc(Br)cn1)c1ccc(Br)o1. The summed E-state index contributed by atoms with van der Waals surface area (Å²) in [6, 6.07) is 6.73. The minimum atomic E-state index is -0.333. The molecular formula is C10H6Br2N2O2. The smallest absolute Gasteiger partial charge is 0.292 e. The lowest BCUT2D eigenvalue weighted by molar-refractivity contribution is 0.0995. The first kappa shape index (κ1) is 11.3. The van der Waals surface area contributed by atoms with Crippen LogP contribution >= 0.6 is 31.9 Å². The largest absolute Gasteiger partial charge is 0.444 e. The Balaban J connectivity index is 2.10. The molecule has 0 atom stereocenters. The fraction of sp³-hybridized carbons (Fsp3) is 0. The molecule has 2 aromatic heterocycles. The van der Waals surface area contributed by atoms with Gasteiger partial charge in [-0.3, -0.25) is 4.79 Å². The molecular weight excluding hydrogens is 340 g/mol. The number of carbonyl (C=O) groups excluding carboxylic acids is 1. The summed E-state index contributed by atoms with van der Waals surface area (Å²) in [4.78, 5) is 15.7. The Bertz CT molecular complexity index is 508. The first-order valence-electron chi connectivity index (χ1n) is 4.33. The molecule has 0 fully saturated rings. The lowest BCUT2D eigenvalue weighted by Gasteiger charge is -2.01. The quantitative estimate of drug-likeness (QED) is 0.906. The zero-order valence-electron chi connectivity index (χ0n) is 7.91. The van der Waals surface area contributed by atoms with E-state index in [-0.39, 0.29) is 11.7 Å². The zero-order chi connectivity index (χ0) is 11.5. The van der Waals surface area contributed by atoms with E-state index in [9.17, 15) is 4.79 Å². The van der Waals surface area contributed by atoms with Gasteiger partial charge in [0.1, 0.15) is 5.82 Å². The fourth-order valence-corrected chi connectivity index (χ4v) is 1.61. The van der Waals surface area contributed by atoms with Crippen LogP contribution in [0.4, 0.5) is 5.82 Å². The number of anilines is 1. The van der Waals surface area contributed by atoms with Crippen molar-refractivity contribution in [1.82, 2.24) is 4.98 Å². The van der Waals surface area contributed by atoms with Crippen molar-refractivity contribution in [2.24, 2.45) is 0 Å². The van der Waals surface area contributed by atoms with Crippen LogP contribution in [0.15, 0.2) is 44.0 Å². The second kappa shape index (κ2) is 4.80. The molecule has 6 heteroatoms. The van der Waals surface area contributed by atoms with Crippen molar-refractivity contribution in [1.29, 1.82) is 0 Å². The molecule has 0 aliphatic carbocycles. The minimum Gasteiger partial charge on any atom is -0.444 e. The monoisotopic (exact) mass is 344 g/mol. The number of hydrogen-bond donors (Lipinski definition) is 1. The van der Waals surface area contributed by atoms with Crippen molar-refractivity contribution in [3.05, 3.63) is 45.4 Å². The van der Waals surface area contributed by atoms with Gasteiger partial charge in [0.2, 0.25) is 0 Å². The van der Waals surface area contributed by atoms with Gasteiger partial charge in [0.15, 0.2) is 10.4 Å². The molecule has 2 rings (SSSR count). The number of amides is 1. The summed E-state index contributed by atoms with van der Waals surface area (Å²) >= 11 is 6.39. The summed E-state index contributed by atoms with van der Waals surface area (Å²) in [5.41, 5.74) is 0. The Hall–Kier alpha value is -1.14. The van der Waals surface area contributed by atoms with E-state index in [4.69, 9.17) is 4.42 Å². The standard InChI is InChI=1S/C10H6Br2N2O2/c11-6-1-4-9(13-5-6)14-10(15)7-2-3-8(12)16-7/h1-5H,(H,13,14,15). The Kier molecular flexibility index (Phi) is 3.40. The number of halogens is 2. The Morgan fingerprint density at radius 1 is 1.25 bits per heavy atom. The average Bonchev–Trinajstić information content (AvgIpc) is 2.68. The fourth-order valence-electron chi connectivity index (χ4n) is 1.06. The first-order valence-corrected chi connectivity index (χ1v) is 5.92. The Labute approximate surface area is 108 Å². The van der Waals surface area contributed by atoms with Gasteiger partial charge in [-0.05, 0) is 56.1 Å². The maximum absolute atomic E-state index is 11.6.